The average Bonchev–Trinajstić information content (AvgIpc) is 2.58. The highest BCUT2D eigenvalue weighted by Gasteiger charge is 2.32. The summed E-state index contributed by atoms with van der Waals surface area (Å²) < 4.78 is 39.7. The third-order valence-corrected chi connectivity index (χ3v) is 5.79. The van der Waals surface area contributed by atoms with Crippen LogP contribution in [-0.2, 0) is 6.18 Å². The molecule has 1 atom stereocenters. The van der Waals surface area contributed by atoms with E-state index in [2.05, 4.69) is 10.6 Å². The molecule has 5 heteroatoms. The van der Waals surface area contributed by atoms with Crippen LogP contribution in [0.5, 0.6) is 0 Å². The fourth-order valence-electron chi connectivity index (χ4n) is 3.74. The largest absolute Gasteiger partial charge is 0.416 e. The first kappa shape index (κ1) is 19.3. The molecule has 26 heavy (non-hydrogen) atoms. The van der Waals surface area contributed by atoms with Gasteiger partial charge in [-0.15, -0.1) is 0 Å². The zero-order chi connectivity index (χ0) is 18.7. The minimum atomic E-state index is -4.30. The van der Waals surface area contributed by atoms with Crippen molar-refractivity contribution in [3.8, 4) is 0 Å². The van der Waals surface area contributed by atoms with Crippen LogP contribution in [0, 0.1) is 0 Å². The van der Waals surface area contributed by atoms with E-state index in [-0.39, 0.29) is 5.92 Å². The molecule has 2 aliphatic rings. The summed E-state index contributed by atoms with van der Waals surface area (Å²) in [4.78, 5) is 0. The molecule has 1 saturated heterocycles. The minimum Gasteiger partial charge on any atom is -0.382 e. The lowest BCUT2D eigenvalue weighted by molar-refractivity contribution is -0.137. The van der Waals surface area contributed by atoms with Crippen LogP contribution in [0.25, 0.3) is 5.70 Å². The third-order valence-electron chi connectivity index (χ3n) is 5.79. The highest BCUT2D eigenvalue weighted by atomic mass is 19.4. The molecule has 2 nitrogen and oxygen atoms in total. The standard InChI is InChI=1S/C21H29F3N2/c1-3-14(2)19-13-16(21(22,23)24)7-8-18(19)20(15-5-4-6-15)26-17-9-11-25-12-10-17/h7-8,13-14,17,25-26H,3-6,9-12H2,1-2H3. The zero-order valence-electron chi connectivity index (χ0n) is 15.7. The molecule has 0 bridgehead atoms. The Morgan fingerprint density at radius 1 is 1.23 bits per heavy atom. The molecule has 0 aromatic heterocycles. The lowest BCUT2D eigenvalue weighted by atomic mass is 9.83. The summed E-state index contributed by atoms with van der Waals surface area (Å²) in [5, 5.41) is 7.08. The van der Waals surface area contributed by atoms with E-state index in [1.807, 2.05) is 13.8 Å². The first-order valence-electron chi connectivity index (χ1n) is 9.81. The van der Waals surface area contributed by atoms with E-state index < -0.39 is 11.7 Å². The van der Waals surface area contributed by atoms with E-state index in [4.69, 9.17) is 0 Å². The highest BCUT2D eigenvalue weighted by molar-refractivity contribution is 5.72. The molecule has 0 amide bonds. The van der Waals surface area contributed by atoms with E-state index in [0.29, 0.717) is 6.04 Å². The summed E-state index contributed by atoms with van der Waals surface area (Å²) in [5.74, 6) is 0.0952. The Balaban J connectivity index is 2.00. The number of hydrogen-bond acceptors (Lipinski definition) is 2. The van der Waals surface area contributed by atoms with E-state index in [9.17, 15) is 13.2 Å². The predicted molar refractivity (Wildman–Crippen MR) is 99.9 cm³/mol. The zero-order valence-corrected chi connectivity index (χ0v) is 15.7. The van der Waals surface area contributed by atoms with Crippen LogP contribution in [0.3, 0.4) is 0 Å². The van der Waals surface area contributed by atoms with Crippen LogP contribution in [0.1, 0.15) is 75.0 Å². The number of hydrogen-bond donors (Lipinski definition) is 2. The maximum Gasteiger partial charge on any atom is 0.416 e. The molecule has 1 aromatic rings. The monoisotopic (exact) mass is 366 g/mol. The Morgan fingerprint density at radius 3 is 2.46 bits per heavy atom. The summed E-state index contributed by atoms with van der Waals surface area (Å²) in [7, 11) is 0. The highest BCUT2D eigenvalue weighted by Crippen LogP contribution is 2.39. The first-order chi connectivity index (χ1) is 12.4. The number of halogens is 3. The molecule has 144 valence electrons. The molecule has 2 N–H and O–H groups in total. The summed E-state index contributed by atoms with van der Waals surface area (Å²) in [6, 6.07) is 4.70. The number of piperidine rings is 1. The van der Waals surface area contributed by atoms with Crippen molar-refractivity contribution >= 4 is 5.70 Å². The molecule has 1 saturated carbocycles. The number of rotatable bonds is 5. The number of benzene rings is 1. The Bertz CT molecular complexity index is 652. The first-order valence-corrected chi connectivity index (χ1v) is 9.81. The Labute approximate surface area is 154 Å². The smallest absolute Gasteiger partial charge is 0.382 e. The van der Waals surface area contributed by atoms with Crippen molar-refractivity contribution in [1.29, 1.82) is 0 Å². The molecule has 3 rings (SSSR count). The van der Waals surface area contributed by atoms with Gasteiger partial charge in [0.05, 0.1) is 5.56 Å². The second kappa shape index (κ2) is 8.03. The van der Waals surface area contributed by atoms with Crippen molar-refractivity contribution in [1.82, 2.24) is 10.6 Å². The molecular formula is C21H29F3N2. The second-order valence-corrected chi connectivity index (χ2v) is 7.61. The van der Waals surface area contributed by atoms with Crippen LogP contribution in [0.15, 0.2) is 23.8 Å². The van der Waals surface area contributed by atoms with Crippen molar-refractivity contribution < 1.29 is 13.2 Å². The summed E-state index contributed by atoms with van der Waals surface area (Å²) in [5.41, 5.74) is 3.72. The van der Waals surface area contributed by atoms with Gasteiger partial charge >= 0.3 is 6.18 Å². The molecular weight excluding hydrogens is 337 g/mol. The molecule has 0 radical (unpaired) electrons. The summed E-state index contributed by atoms with van der Waals surface area (Å²) >= 11 is 0. The van der Waals surface area contributed by atoms with Crippen molar-refractivity contribution in [2.45, 2.75) is 70.5 Å². The Kier molecular flexibility index (Phi) is 5.96. The van der Waals surface area contributed by atoms with Gasteiger partial charge in [0.25, 0.3) is 0 Å². The van der Waals surface area contributed by atoms with Crippen molar-refractivity contribution in [3.63, 3.8) is 0 Å². The molecule has 0 spiro atoms. The van der Waals surface area contributed by atoms with Crippen LogP contribution in [-0.4, -0.2) is 19.1 Å². The molecule has 1 aliphatic heterocycles. The number of alkyl halides is 3. The van der Waals surface area contributed by atoms with Crippen molar-refractivity contribution in [2.24, 2.45) is 0 Å². The SMILES string of the molecule is CCC(C)c1cc(C(F)(F)F)ccc1C(NC1CCNCC1)=C1CCC1. The maximum atomic E-state index is 13.2. The van der Waals surface area contributed by atoms with Gasteiger partial charge in [-0.05, 0) is 80.8 Å². The van der Waals surface area contributed by atoms with E-state index in [1.165, 1.54) is 24.1 Å². The van der Waals surface area contributed by atoms with Crippen LogP contribution >= 0.6 is 0 Å². The Hall–Kier alpha value is -1.49. The van der Waals surface area contributed by atoms with E-state index in [1.54, 1.807) is 6.07 Å². The van der Waals surface area contributed by atoms with Crippen molar-refractivity contribution in [3.05, 3.63) is 40.5 Å². The van der Waals surface area contributed by atoms with Crippen LogP contribution in [0.4, 0.5) is 13.2 Å². The Morgan fingerprint density at radius 2 is 1.92 bits per heavy atom. The summed E-state index contributed by atoms with van der Waals surface area (Å²) in [6.07, 6.45) is 1.90. The summed E-state index contributed by atoms with van der Waals surface area (Å²) in [6.45, 7) is 6.04. The minimum absolute atomic E-state index is 0.0952. The van der Waals surface area contributed by atoms with E-state index in [0.717, 1.165) is 62.0 Å². The van der Waals surface area contributed by atoms with Gasteiger partial charge in [-0.25, -0.2) is 0 Å². The second-order valence-electron chi connectivity index (χ2n) is 7.61. The average molecular weight is 366 g/mol. The molecule has 1 aromatic carbocycles. The fraction of sp³-hybridized carbons (Fsp3) is 0.619. The van der Waals surface area contributed by atoms with Gasteiger partial charge in [-0.2, -0.15) is 13.2 Å². The molecule has 1 aliphatic carbocycles. The van der Waals surface area contributed by atoms with Gasteiger partial charge in [0, 0.05) is 17.3 Å². The lowest BCUT2D eigenvalue weighted by Crippen LogP contribution is -2.39. The number of nitrogens with one attached hydrogen (secondary N) is 2. The van der Waals surface area contributed by atoms with Crippen molar-refractivity contribution in [2.75, 3.05) is 13.1 Å². The third kappa shape index (κ3) is 4.25. The topological polar surface area (TPSA) is 24.1 Å². The van der Waals surface area contributed by atoms with Gasteiger partial charge in [0.2, 0.25) is 0 Å². The quantitative estimate of drug-likeness (QED) is 0.723. The number of allylic oxidation sites excluding steroid dienone is 1. The predicted octanol–water partition coefficient (Wildman–Crippen LogP) is 5.46. The molecule has 1 unspecified atom stereocenters. The maximum absolute atomic E-state index is 13.2. The van der Waals surface area contributed by atoms with Crippen LogP contribution < -0.4 is 10.6 Å². The fourth-order valence-corrected chi connectivity index (χ4v) is 3.74. The molecule has 1 heterocycles. The van der Waals surface area contributed by atoms with E-state index >= 15 is 0 Å². The lowest BCUT2D eigenvalue weighted by Gasteiger charge is -2.32. The van der Waals surface area contributed by atoms with Gasteiger partial charge in [0.15, 0.2) is 0 Å². The van der Waals surface area contributed by atoms with Crippen LogP contribution in [0.2, 0.25) is 0 Å². The molecule has 2 fully saturated rings. The van der Waals surface area contributed by atoms with Gasteiger partial charge in [-0.3, -0.25) is 0 Å². The van der Waals surface area contributed by atoms with Gasteiger partial charge in [-0.1, -0.05) is 19.9 Å². The normalized spacial score (nSPS) is 19.8. The van der Waals surface area contributed by atoms with Gasteiger partial charge in [0.1, 0.15) is 0 Å². The van der Waals surface area contributed by atoms with Gasteiger partial charge < -0.3 is 10.6 Å².